The number of carbonyl (C=O) groups is 2. The molecule has 1 amide bonds. The van der Waals surface area contributed by atoms with Gasteiger partial charge < -0.3 is 10.2 Å². The van der Waals surface area contributed by atoms with Crippen molar-refractivity contribution in [3.63, 3.8) is 0 Å². The van der Waals surface area contributed by atoms with Gasteiger partial charge in [0, 0.05) is 29.0 Å². The van der Waals surface area contributed by atoms with Gasteiger partial charge in [-0.1, -0.05) is 59.7 Å². The minimum atomic E-state index is -1.19. The Kier molecular flexibility index (Phi) is 6.21. The third kappa shape index (κ3) is 5.25. The normalized spacial score (nSPS) is 12.2. The molecule has 0 saturated carbocycles. The van der Waals surface area contributed by atoms with Gasteiger partial charge in [-0.25, -0.2) is 4.79 Å². The van der Waals surface area contributed by atoms with Crippen molar-refractivity contribution in [3.8, 4) is 5.75 Å². The first kappa shape index (κ1) is 22.2. The number of nitrogens with zero attached hydrogens (tertiary/aromatic N) is 1. The highest BCUT2D eigenvalue weighted by atomic mass is 16.4. The minimum Gasteiger partial charge on any atom is -0.507 e. The van der Waals surface area contributed by atoms with Gasteiger partial charge in [0.05, 0.1) is 5.69 Å². The smallest absolute Gasteiger partial charge is 0.328 e. The molecular formula is C24H29NO4. The number of aromatic hydroxyl groups is 1. The Morgan fingerprint density at radius 1 is 0.828 bits per heavy atom. The molecule has 5 nitrogen and oxygen atoms in total. The third-order valence-electron chi connectivity index (χ3n) is 4.57. The van der Waals surface area contributed by atoms with E-state index in [-0.39, 0.29) is 16.6 Å². The zero-order chi connectivity index (χ0) is 22.0. The van der Waals surface area contributed by atoms with E-state index < -0.39 is 11.9 Å². The Morgan fingerprint density at radius 3 is 1.72 bits per heavy atom. The van der Waals surface area contributed by atoms with E-state index in [0.29, 0.717) is 11.4 Å². The third-order valence-corrected chi connectivity index (χ3v) is 4.57. The van der Waals surface area contributed by atoms with E-state index in [0.717, 1.165) is 23.3 Å². The first-order valence-corrected chi connectivity index (χ1v) is 9.50. The molecule has 0 saturated heterocycles. The number of benzene rings is 2. The average Bonchev–Trinajstić information content (AvgIpc) is 2.60. The lowest BCUT2D eigenvalue weighted by Gasteiger charge is -2.31. The number of anilines is 2. The number of para-hydroxylation sites is 1. The lowest BCUT2D eigenvalue weighted by molar-refractivity contribution is -0.131. The summed E-state index contributed by atoms with van der Waals surface area (Å²) in [4.78, 5) is 25.4. The molecular weight excluding hydrogens is 366 g/mol. The second kappa shape index (κ2) is 8.11. The number of phenols is 1. The SMILES string of the molecule is CC(C)(C)c1cc(N(C(=O)C=CC(=O)O)c2ccccc2)cc(C(C)(C)C)c1O. The van der Waals surface area contributed by atoms with Crippen LogP contribution in [0.4, 0.5) is 11.4 Å². The van der Waals surface area contributed by atoms with E-state index in [4.69, 9.17) is 5.11 Å². The van der Waals surface area contributed by atoms with Crippen molar-refractivity contribution < 1.29 is 19.8 Å². The van der Waals surface area contributed by atoms with Crippen molar-refractivity contribution in [2.24, 2.45) is 0 Å². The summed E-state index contributed by atoms with van der Waals surface area (Å²) in [5.74, 6) is -1.46. The number of hydrogen-bond acceptors (Lipinski definition) is 3. The summed E-state index contributed by atoms with van der Waals surface area (Å²) < 4.78 is 0. The van der Waals surface area contributed by atoms with Gasteiger partial charge in [0.2, 0.25) is 0 Å². The maximum absolute atomic E-state index is 13.0. The van der Waals surface area contributed by atoms with Crippen molar-refractivity contribution in [1.29, 1.82) is 0 Å². The molecule has 0 bridgehead atoms. The second-order valence-electron chi connectivity index (χ2n) is 9.07. The van der Waals surface area contributed by atoms with Crippen LogP contribution in [0.15, 0.2) is 54.6 Å². The summed E-state index contributed by atoms with van der Waals surface area (Å²) in [7, 11) is 0. The molecule has 0 spiro atoms. The Hall–Kier alpha value is -3.08. The molecule has 2 aromatic rings. The van der Waals surface area contributed by atoms with Crippen LogP contribution in [0.1, 0.15) is 52.7 Å². The Bertz CT molecular complexity index is 897. The Morgan fingerprint density at radius 2 is 1.31 bits per heavy atom. The molecule has 2 rings (SSSR count). The molecule has 0 aromatic heterocycles. The molecule has 154 valence electrons. The molecule has 0 aliphatic heterocycles. The van der Waals surface area contributed by atoms with Gasteiger partial charge in [-0.2, -0.15) is 0 Å². The molecule has 5 heteroatoms. The quantitative estimate of drug-likeness (QED) is 0.689. The first-order chi connectivity index (χ1) is 13.3. The maximum atomic E-state index is 13.0. The van der Waals surface area contributed by atoms with E-state index in [2.05, 4.69) is 0 Å². The largest absolute Gasteiger partial charge is 0.507 e. The first-order valence-electron chi connectivity index (χ1n) is 9.50. The number of carboxylic acid groups (broad SMARTS) is 1. The van der Waals surface area contributed by atoms with Crippen LogP contribution in [0.5, 0.6) is 5.75 Å². The fourth-order valence-corrected chi connectivity index (χ4v) is 3.09. The van der Waals surface area contributed by atoms with Crippen LogP contribution in [0, 0.1) is 0 Å². The van der Waals surface area contributed by atoms with Crippen molar-refractivity contribution in [2.45, 2.75) is 52.4 Å². The van der Waals surface area contributed by atoms with Crippen LogP contribution in [0.2, 0.25) is 0 Å². The Labute approximate surface area is 172 Å². The Balaban J connectivity index is 2.79. The fraction of sp³-hybridized carbons (Fsp3) is 0.333. The number of amides is 1. The maximum Gasteiger partial charge on any atom is 0.328 e. The van der Waals surface area contributed by atoms with E-state index in [1.54, 1.807) is 24.3 Å². The monoisotopic (exact) mass is 395 g/mol. The predicted octanol–water partition coefficient (Wildman–Crippen LogP) is 5.29. The minimum absolute atomic E-state index is 0.218. The number of aliphatic carboxylic acids is 1. The van der Waals surface area contributed by atoms with Gasteiger partial charge in [-0.15, -0.1) is 0 Å². The van der Waals surface area contributed by atoms with Crippen LogP contribution in [-0.4, -0.2) is 22.1 Å². The zero-order valence-corrected chi connectivity index (χ0v) is 17.9. The van der Waals surface area contributed by atoms with Crippen molar-refractivity contribution >= 4 is 23.3 Å². The van der Waals surface area contributed by atoms with Gasteiger partial charge in [0.15, 0.2) is 0 Å². The lowest BCUT2D eigenvalue weighted by Crippen LogP contribution is -2.26. The van der Waals surface area contributed by atoms with Gasteiger partial charge in [-0.3, -0.25) is 9.69 Å². The summed E-state index contributed by atoms with van der Waals surface area (Å²) in [5.41, 5.74) is 1.90. The second-order valence-corrected chi connectivity index (χ2v) is 9.07. The van der Waals surface area contributed by atoms with Gasteiger partial charge in [-0.05, 0) is 35.1 Å². The zero-order valence-electron chi connectivity index (χ0n) is 17.9. The molecule has 0 heterocycles. The van der Waals surface area contributed by atoms with E-state index in [1.165, 1.54) is 4.90 Å². The van der Waals surface area contributed by atoms with Crippen molar-refractivity contribution in [3.05, 3.63) is 65.7 Å². The number of carbonyl (C=O) groups excluding carboxylic acids is 1. The highest BCUT2D eigenvalue weighted by Crippen LogP contribution is 2.43. The molecule has 0 unspecified atom stereocenters. The van der Waals surface area contributed by atoms with Crippen LogP contribution in [0.25, 0.3) is 0 Å². The van der Waals surface area contributed by atoms with E-state index in [1.807, 2.05) is 59.7 Å². The van der Waals surface area contributed by atoms with Crippen LogP contribution >= 0.6 is 0 Å². The number of hydrogen-bond donors (Lipinski definition) is 2. The summed E-state index contributed by atoms with van der Waals surface area (Å²) in [6.07, 6.45) is 1.86. The molecule has 0 atom stereocenters. The highest BCUT2D eigenvalue weighted by Gasteiger charge is 2.29. The van der Waals surface area contributed by atoms with Gasteiger partial charge >= 0.3 is 5.97 Å². The number of rotatable bonds is 4. The van der Waals surface area contributed by atoms with Gasteiger partial charge in [0.25, 0.3) is 5.91 Å². The molecule has 0 aliphatic rings. The van der Waals surface area contributed by atoms with Crippen molar-refractivity contribution in [1.82, 2.24) is 0 Å². The van der Waals surface area contributed by atoms with Crippen LogP contribution in [0.3, 0.4) is 0 Å². The molecule has 0 fully saturated rings. The van der Waals surface area contributed by atoms with Crippen LogP contribution in [-0.2, 0) is 20.4 Å². The number of carboxylic acids is 1. The fourth-order valence-electron chi connectivity index (χ4n) is 3.09. The predicted molar refractivity (Wildman–Crippen MR) is 116 cm³/mol. The topological polar surface area (TPSA) is 77.8 Å². The summed E-state index contributed by atoms with van der Waals surface area (Å²) in [6, 6.07) is 12.6. The standard InChI is InChI=1S/C24H29NO4/c1-23(2,3)18-14-17(15-19(22(18)29)24(4,5)6)25(16-10-8-7-9-11-16)20(26)12-13-21(27)28/h7-15,29H,1-6H3,(H,27,28). The van der Waals surface area contributed by atoms with Crippen LogP contribution < -0.4 is 4.90 Å². The van der Waals surface area contributed by atoms with Gasteiger partial charge in [0.1, 0.15) is 5.75 Å². The molecule has 0 aliphatic carbocycles. The molecule has 29 heavy (non-hydrogen) atoms. The summed E-state index contributed by atoms with van der Waals surface area (Å²) in [6.45, 7) is 12.0. The molecule has 2 aromatic carbocycles. The summed E-state index contributed by atoms with van der Waals surface area (Å²) >= 11 is 0. The number of phenolic OH excluding ortho intramolecular Hbond substituents is 1. The van der Waals surface area contributed by atoms with E-state index in [9.17, 15) is 14.7 Å². The molecule has 0 radical (unpaired) electrons. The average molecular weight is 395 g/mol. The highest BCUT2D eigenvalue weighted by molar-refractivity contribution is 6.09. The lowest BCUT2D eigenvalue weighted by atomic mass is 9.79. The molecule has 2 N–H and O–H groups in total. The van der Waals surface area contributed by atoms with Crippen molar-refractivity contribution in [2.75, 3.05) is 4.90 Å². The van der Waals surface area contributed by atoms with E-state index >= 15 is 0 Å². The summed E-state index contributed by atoms with van der Waals surface area (Å²) in [5, 5.41) is 19.9.